The SMILES string of the molecule is CN=C(NCc1cccc(Cn2ccnc2)c1)N1CCN(Cc2ccon2)CC1.I. The van der Waals surface area contributed by atoms with E-state index in [1.54, 1.807) is 12.5 Å². The molecule has 9 heteroatoms. The molecule has 0 radical (unpaired) electrons. The molecule has 3 aromatic rings. The smallest absolute Gasteiger partial charge is 0.194 e. The highest BCUT2D eigenvalue weighted by Crippen LogP contribution is 2.09. The van der Waals surface area contributed by atoms with Crippen LogP contribution in [0.4, 0.5) is 0 Å². The predicted molar refractivity (Wildman–Crippen MR) is 127 cm³/mol. The molecule has 3 heterocycles. The maximum Gasteiger partial charge on any atom is 0.194 e. The van der Waals surface area contributed by atoms with E-state index in [-0.39, 0.29) is 24.0 Å². The van der Waals surface area contributed by atoms with Gasteiger partial charge < -0.3 is 19.3 Å². The average molecular weight is 521 g/mol. The molecule has 1 aliphatic heterocycles. The molecule has 1 N–H and O–H groups in total. The number of piperazine rings is 1. The first-order valence-corrected chi connectivity index (χ1v) is 9.91. The normalized spacial score (nSPS) is 15.1. The third kappa shape index (κ3) is 6.05. The van der Waals surface area contributed by atoms with Crippen LogP contribution in [0.15, 0.2) is 64.8 Å². The largest absolute Gasteiger partial charge is 0.364 e. The summed E-state index contributed by atoms with van der Waals surface area (Å²) >= 11 is 0. The molecule has 8 nitrogen and oxygen atoms in total. The summed E-state index contributed by atoms with van der Waals surface area (Å²) in [6.45, 7) is 6.26. The van der Waals surface area contributed by atoms with Crippen molar-refractivity contribution in [3.63, 3.8) is 0 Å². The highest BCUT2D eigenvalue weighted by atomic mass is 127. The number of nitrogens with one attached hydrogen (secondary N) is 1. The van der Waals surface area contributed by atoms with Gasteiger partial charge >= 0.3 is 0 Å². The number of hydrogen-bond acceptors (Lipinski definition) is 5. The maximum absolute atomic E-state index is 4.92. The van der Waals surface area contributed by atoms with Crippen LogP contribution in [0.2, 0.25) is 0 Å². The van der Waals surface area contributed by atoms with E-state index in [1.165, 1.54) is 11.1 Å². The summed E-state index contributed by atoms with van der Waals surface area (Å²) in [6.07, 6.45) is 7.26. The molecule has 0 saturated carbocycles. The monoisotopic (exact) mass is 521 g/mol. The van der Waals surface area contributed by atoms with Crippen LogP contribution in [0.5, 0.6) is 0 Å². The van der Waals surface area contributed by atoms with Gasteiger partial charge in [0.15, 0.2) is 5.96 Å². The number of halogens is 1. The van der Waals surface area contributed by atoms with Crippen molar-refractivity contribution < 1.29 is 4.52 Å². The Hall–Kier alpha value is -2.40. The number of hydrogen-bond donors (Lipinski definition) is 1. The van der Waals surface area contributed by atoms with Crippen LogP contribution in [0, 0.1) is 0 Å². The lowest BCUT2D eigenvalue weighted by molar-refractivity contribution is 0.169. The minimum atomic E-state index is 0. The number of aromatic nitrogens is 3. The summed E-state index contributed by atoms with van der Waals surface area (Å²) in [6, 6.07) is 10.6. The Kier molecular flexibility index (Phi) is 8.26. The maximum atomic E-state index is 4.92. The minimum Gasteiger partial charge on any atom is -0.364 e. The lowest BCUT2D eigenvalue weighted by Crippen LogP contribution is -2.52. The van der Waals surface area contributed by atoms with Gasteiger partial charge in [-0.2, -0.15) is 0 Å². The van der Waals surface area contributed by atoms with Gasteiger partial charge in [-0.1, -0.05) is 29.4 Å². The number of guanidine groups is 1. The zero-order valence-electron chi connectivity index (χ0n) is 17.1. The molecule has 1 aliphatic rings. The lowest BCUT2D eigenvalue weighted by atomic mass is 10.1. The molecular formula is C21H28IN7O. The molecule has 0 unspecified atom stereocenters. The summed E-state index contributed by atoms with van der Waals surface area (Å²) in [5.74, 6) is 0.950. The van der Waals surface area contributed by atoms with Gasteiger partial charge in [0.05, 0.1) is 12.0 Å². The van der Waals surface area contributed by atoms with Crippen molar-refractivity contribution in [2.75, 3.05) is 33.2 Å². The van der Waals surface area contributed by atoms with Gasteiger partial charge in [-0.15, -0.1) is 24.0 Å². The van der Waals surface area contributed by atoms with E-state index in [0.29, 0.717) is 0 Å². The fourth-order valence-electron chi connectivity index (χ4n) is 3.61. The second-order valence-electron chi connectivity index (χ2n) is 7.21. The molecule has 0 aliphatic carbocycles. The molecule has 0 bridgehead atoms. The van der Waals surface area contributed by atoms with Gasteiger partial charge in [-0.05, 0) is 11.1 Å². The van der Waals surface area contributed by atoms with E-state index >= 15 is 0 Å². The quantitative estimate of drug-likeness (QED) is 0.305. The lowest BCUT2D eigenvalue weighted by Gasteiger charge is -2.36. The summed E-state index contributed by atoms with van der Waals surface area (Å²) < 4.78 is 7.00. The molecule has 0 atom stereocenters. The Labute approximate surface area is 194 Å². The zero-order chi connectivity index (χ0) is 19.9. The first kappa shape index (κ1) is 22.3. The van der Waals surface area contributed by atoms with E-state index in [0.717, 1.165) is 57.5 Å². The van der Waals surface area contributed by atoms with Gasteiger partial charge in [0.25, 0.3) is 0 Å². The average Bonchev–Trinajstić information content (AvgIpc) is 3.44. The van der Waals surface area contributed by atoms with Crippen molar-refractivity contribution in [1.82, 2.24) is 29.8 Å². The molecule has 1 fully saturated rings. The van der Waals surface area contributed by atoms with E-state index < -0.39 is 0 Å². The number of rotatable bonds is 6. The Morgan fingerprint density at radius 3 is 2.67 bits per heavy atom. The highest BCUT2D eigenvalue weighted by Gasteiger charge is 2.20. The standard InChI is InChI=1S/C21H27N7O.HI/c1-22-21(28-10-8-26(9-11-28)16-20-5-12-29-25-20)24-14-18-3-2-4-19(13-18)15-27-7-6-23-17-27;/h2-7,12-13,17H,8-11,14-16H2,1H3,(H,22,24);1H. The van der Waals surface area contributed by atoms with E-state index in [1.807, 2.05) is 25.6 Å². The third-order valence-electron chi connectivity index (χ3n) is 5.13. The molecule has 30 heavy (non-hydrogen) atoms. The third-order valence-corrected chi connectivity index (χ3v) is 5.13. The van der Waals surface area contributed by atoms with Crippen LogP contribution in [0.1, 0.15) is 16.8 Å². The van der Waals surface area contributed by atoms with Crippen molar-refractivity contribution in [3.05, 3.63) is 72.1 Å². The number of aliphatic imine (C=N–C) groups is 1. The van der Waals surface area contributed by atoms with Crippen molar-refractivity contribution >= 4 is 29.9 Å². The predicted octanol–water partition coefficient (Wildman–Crippen LogP) is 2.43. The Morgan fingerprint density at radius 1 is 1.13 bits per heavy atom. The van der Waals surface area contributed by atoms with Crippen molar-refractivity contribution in [2.45, 2.75) is 19.6 Å². The fourth-order valence-corrected chi connectivity index (χ4v) is 3.61. The van der Waals surface area contributed by atoms with Crippen LogP contribution in [-0.4, -0.2) is 63.7 Å². The van der Waals surface area contributed by atoms with Crippen LogP contribution in [-0.2, 0) is 19.6 Å². The van der Waals surface area contributed by atoms with E-state index in [4.69, 9.17) is 4.52 Å². The van der Waals surface area contributed by atoms with E-state index in [9.17, 15) is 0 Å². The summed E-state index contributed by atoms with van der Waals surface area (Å²) in [5.41, 5.74) is 3.49. The topological polar surface area (TPSA) is 74.7 Å². The molecule has 1 saturated heterocycles. The molecule has 1 aromatic carbocycles. The Balaban J connectivity index is 0.00000256. The van der Waals surface area contributed by atoms with Gasteiger partial charge in [0.1, 0.15) is 6.26 Å². The first-order valence-electron chi connectivity index (χ1n) is 9.91. The minimum absolute atomic E-state index is 0. The van der Waals surface area contributed by atoms with Gasteiger partial charge in [0.2, 0.25) is 0 Å². The van der Waals surface area contributed by atoms with Gasteiger partial charge in [-0.25, -0.2) is 4.98 Å². The Morgan fingerprint density at radius 2 is 1.97 bits per heavy atom. The van der Waals surface area contributed by atoms with Crippen LogP contribution in [0.25, 0.3) is 0 Å². The summed E-state index contributed by atoms with van der Waals surface area (Å²) in [4.78, 5) is 13.3. The second kappa shape index (κ2) is 11.1. The summed E-state index contributed by atoms with van der Waals surface area (Å²) in [5, 5.41) is 7.52. The van der Waals surface area contributed by atoms with Crippen molar-refractivity contribution in [3.8, 4) is 0 Å². The fraction of sp³-hybridized carbons (Fsp3) is 0.381. The molecule has 160 valence electrons. The van der Waals surface area contributed by atoms with Crippen LogP contribution >= 0.6 is 24.0 Å². The summed E-state index contributed by atoms with van der Waals surface area (Å²) in [7, 11) is 1.85. The highest BCUT2D eigenvalue weighted by molar-refractivity contribution is 14.0. The molecular weight excluding hydrogens is 493 g/mol. The molecule has 2 aromatic heterocycles. The van der Waals surface area contributed by atoms with E-state index in [2.05, 4.69) is 59.1 Å². The molecule has 4 rings (SSSR count). The van der Waals surface area contributed by atoms with Crippen molar-refractivity contribution in [1.29, 1.82) is 0 Å². The van der Waals surface area contributed by atoms with Crippen molar-refractivity contribution in [2.24, 2.45) is 4.99 Å². The molecule has 0 spiro atoms. The Bertz CT molecular complexity index is 903. The number of imidazole rings is 1. The molecule has 0 amide bonds. The zero-order valence-corrected chi connectivity index (χ0v) is 19.5. The first-order chi connectivity index (χ1) is 14.3. The number of nitrogens with zero attached hydrogens (tertiary/aromatic N) is 6. The van der Waals surface area contributed by atoms with Gasteiger partial charge in [-0.3, -0.25) is 9.89 Å². The van der Waals surface area contributed by atoms with Crippen LogP contribution in [0.3, 0.4) is 0 Å². The second-order valence-corrected chi connectivity index (χ2v) is 7.21. The van der Waals surface area contributed by atoms with Gasteiger partial charge in [0, 0.05) is 71.3 Å². The van der Waals surface area contributed by atoms with Crippen LogP contribution < -0.4 is 5.32 Å². The number of benzene rings is 1.